The van der Waals surface area contributed by atoms with Gasteiger partial charge >= 0.3 is 0 Å². The van der Waals surface area contributed by atoms with Crippen LogP contribution in [-0.2, 0) is 11.3 Å². The zero-order valence-electron chi connectivity index (χ0n) is 14.2. The molecule has 3 aromatic rings. The van der Waals surface area contributed by atoms with Gasteiger partial charge in [0.25, 0.3) is 0 Å². The molecule has 1 aliphatic heterocycles. The summed E-state index contributed by atoms with van der Waals surface area (Å²) in [4.78, 5) is 15.9. The number of rotatable bonds is 3. The molecule has 1 fully saturated rings. The van der Waals surface area contributed by atoms with Crippen molar-refractivity contribution >= 4 is 5.78 Å². The smallest absolute Gasteiger partial charge is 0.234 e. The van der Waals surface area contributed by atoms with E-state index in [-0.39, 0.29) is 6.10 Å². The molecular weight excluding hydrogens is 306 g/mol. The molecule has 0 saturated carbocycles. The lowest BCUT2D eigenvalue weighted by Crippen LogP contribution is -2.38. The maximum atomic E-state index is 5.81. The molecule has 1 saturated heterocycles. The molecule has 0 radical (unpaired) electrons. The van der Waals surface area contributed by atoms with Crippen LogP contribution in [0.4, 0.5) is 0 Å². The van der Waals surface area contributed by atoms with Crippen LogP contribution in [0.5, 0.6) is 0 Å². The highest BCUT2D eigenvalue weighted by Crippen LogP contribution is 2.20. The van der Waals surface area contributed by atoms with E-state index in [1.807, 2.05) is 18.2 Å². The molecule has 1 unspecified atom stereocenters. The molecule has 8 heteroatoms. The first-order valence-corrected chi connectivity index (χ1v) is 8.13. The minimum atomic E-state index is -0.0946. The Morgan fingerprint density at radius 3 is 2.92 bits per heavy atom. The fourth-order valence-electron chi connectivity index (χ4n) is 3.13. The van der Waals surface area contributed by atoms with Crippen LogP contribution in [0.2, 0.25) is 0 Å². The average molecular weight is 327 g/mol. The molecule has 126 valence electrons. The molecule has 0 aromatic carbocycles. The van der Waals surface area contributed by atoms with Crippen molar-refractivity contribution in [2.45, 2.75) is 33.4 Å². The lowest BCUT2D eigenvalue weighted by Gasteiger charge is -2.30. The fourth-order valence-corrected chi connectivity index (χ4v) is 3.13. The lowest BCUT2D eigenvalue weighted by atomic mass is 10.2. The van der Waals surface area contributed by atoms with Crippen molar-refractivity contribution in [3.63, 3.8) is 0 Å². The number of hydrogen-bond acceptors (Lipinski definition) is 6. The van der Waals surface area contributed by atoms with Gasteiger partial charge in [-0.2, -0.15) is 5.10 Å². The summed E-state index contributed by atoms with van der Waals surface area (Å²) in [6.07, 6.45) is 1.97. The third kappa shape index (κ3) is 2.90. The normalized spacial score (nSPS) is 19.2. The van der Waals surface area contributed by atoms with Crippen molar-refractivity contribution in [3.05, 3.63) is 41.0 Å². The minimum Gasteiger partial charge on any atom is -0.367 e. The molecule has 0 bridgehead atoms. The first kappa shape index (κ1) is 15.2. The zero-order chi connectivity index (χ0) is 16.7. The van der Waals surface area contributed by atoms with Gasteiger partial charge in [0.2, 0.25) is 5.78 Å². The zero-order valence-corrected chi connectivity index (χ0v) is 14.2. The van der Waals surface area contributed by atoms with Crippen molar-refractivity contribution in [3.8, 4) is 0 Å². The third-order valence-corrected chi connectivity index (χ3v) is 4.25. The Hall–Kier alpha value is -2.32. The minimum absolute atomic E-state index is 0.0946. The van der Waals surface area contributed by atoms with E-state index in [0.29, 0.717) is 6.61 Å². The second kappa shape index (κ2) is 5.95. The van der Waals surface area contributed by atoms with Gasteiger partial charge in [-0.3, -0.25) is 14.4 Å². The molecule has 0 amide bonds. The van der Waals surface area contributed by atoms with Gasteiger partial charge in [0.05, 0.1) is 12.3 Å². The Balaban J connectivity index is 1.51. The summed E-state index contributed by atoms with van der Waals surface area (Å²) in [6, 6.07) is 2.06. The Labute approximate surface area is 139 Å². The Morgan fingerprint density at radius 1 is 1.25 bits per heavy atom. The predicted molar refractivity (Wildman–Crippen MR) is 87.6 cm³/mol. The molecule has 0 spiro atoms. The highest BCUT2D eigenvalue weighted by atomic mass is 16.5. The second-order valence-corrected chi connectivity index (χ2v) is 6.31. The second-order valence-electron chi connectivity index (χ2n) is 6.31. The van der Waals surface area contributed by atoms with E-state index in [0.717, 1.165) is 54.1 Å². The van der Waals surface area contributed by atoms with Crippen LogP contribution in [-0.4, -0.2) is 54.1 Å². The van der Waals surface area contributed by atoms with Gasteiger partial charge in [0, 0.05) is 37.2 Å². The first-order valence-electron chi connectivity index (χ1n) is 8.13. The number of aryl methyl sites for hydroxylation is 3. The van der Waals surface area contributed by atoms with E-state index in [4.69, 9.17) is 4.74 Å². The lowest BCUT2D eigenvalue weighted by molar-refractivity contribution is -0.0373. The molecule has 3 aromatic heterocycles. The Bertz CT molecular complexity index is 869. The molecule has 24 heavy (non-hydrogen) atoms. The van der Waals surface area contributed by atoms with Gasteiger partial charge < -0.3 is 4.74 Å². The first-order chi connectivity index (χ1) is 11.6. The molecule has 1 N–H and O–H groups in total. The highest BCUT2D eigenvalue weighted by molar-refractivity contribution is 5.34. The summed E-state index contributed by atoms with van der Waals surface area (Å²) >= 11 is 0. The maximum absolute atomic E-state index is 5.81. The maximum Gasteiger partial charge on any atom is 0.234 e. The Morgan fingerprint density at radius 2 is 2.12 bits per heavy atom. The van der Waals surface area contributed by atoms with Crippen LogP contribution in [0.3, 0.4) is 0 Å². The van der Waals surface area contributed by atoms with Crippen LogP contribution in [0.25, 0.3) is 5.78 Å². The molecule has 8 nitrogen and oxygen atoms in total. The van der Waals surface area contributed by atoms with Crippen LogP contribution in [0, 0.1) is 20.8 Å². The average Bonchev–Trinajstić information content (AvgIpc) is 3.14. The van der Waals surface area contributed by atoms with Crippen LogP contribution in [0.1, 0.15) is 34.8 Å². The van der Waals surface area contributed by atoms with Crippen LogP contribution < -0.4 is 0 Å². The van der Waals surface area contributed by atoms with Crippen molar-refractivity contribution in [2.24, 2.45) is 0 Å². The number of hydrogen-bond donors (Lipinski definition) is 1. The van der Waals surface area contributed by atoms with Gasteiger partial charge in [-0.1, -0.05) is 0 Å². The molecular formula is C16H21N7O. The van der Waals surface area contributed by atoms with Crippen LogP contribution in [0.15, 0.2) is 12.3 Å². The monoisotopic (exact) mass is 327 g/mol. The summed E-state index contributed by atoms with van der Waals surface area (Å²) < 4.78 is 7.85. The Kier molecular flexibility index (Phi) is 3.78. The summed E-state index contributed by atoms with van der Waals surface area (Å²) in [5.41, 5.74) is 3.15. The number of imidazole rings is 1. The standard InChI is InChI=1S/C16H21N7O/c1-10-6-11(2)23-8-13(19-16(23)17-10)7-22-4-5-24-14(9-22)15-18-12(3)20-21-15/h6,8,14H,4-5,7,9H2,1-3H3,(H,18,20,21). The van der Waals surface area contributed by atoms with Crippen molar-refractivity contribution < 1.29 is 4.74 Å². The van der Waals surface area contributed by atoms with E-state index in [2.05, 4.69) is 49.2 Å². The number of nitrogens with zero attached hydrogens (tertiary/aromatic N) is 6. The number of H-pyrrole nitrogens is 1. The van der Waals surface area contributed by atoms with Gasteiger partial charge in [0.1, 0.15) is 11.9 Å². The number of aromatic amines is 1. The number of morpholine rings is 1. The molecule has 4 heterocycles. The highest BCUT2D eigenvalue weighted by Gasteiger charge is 2.25. The molecule has 4 rings (SSSR count). The largest absolute Gasteiger partial charge is 0.367 e. The van der Waals surface area contributed by atoms with Gasteiger partial charge in [-0.25, -0.2) is 15.0 Å². The summed E-state index contributed by atoms with van der Waals surface area (Å²) in [5.74, 6) is 2.29. The predicted octanol–water partition coefficient (Wildman–Crippen LogP) is 1.35. The van der Waals surface area contributed by atoms with E-state index < -0.39 is 0 Å². The molecule has 0 aliphatic carbocycles. The van der Waals surface area contributed by atoms with Gasteiger partial charge in [-0.15, -0.1) is 0 Å². The number of fused-ring (bicyclic) bond motifs is 1. The summed E-state index contributed by atoms with van der Waals surface area (Å²) in [5, 5.41) is 7.10. The van der Waals surface area contributed by atoms with Gasteiger partial charge in [0.15, 0.2) is 5.82 Å². The summed E-state index contributed by atoms with van der Waals surface area (Å²) in [7, 11) is 0. The van der Waals surface area contributed by atoms with E-state index in [9.17, 15) is 0 Å². The van der Waals surface area contributed by atoms with Crippen molar-refractivity contribution in [1.82, 2.24) is 34.4 Å². The van der Waals surface area contributed by atoms with E-state index >= 15 is 0 Å². The van der Waals surface area contributed by atoms with Crippen LogP contribution >= 0.6 is 0 Å². The SMILES string of the molecule is Cc1cc(C)n2cc(CN3CCOC(c4n[nH]c(C)n4)C3)nc2n1. The van der Waals surface area contributed by atoms with E-state index in [1.54, 1.807) is 0 Å². The molecule has 1 atom stereocenters. The van der Waals surface area contributed by atoms with E-state index in [1.165, 1.54) is 0 Å². The van der Waals surface area contributed by atoms with Crippen molar-refractivity contribution in [1.29, 1.82) is 0 Å². The molecule has 1 aliphatic rings. The van der Waals surface area contributed by atoms with Crippen molar-refractivity contribution in [2.75, 3.05) is 19.7 Å². The quantitative estimate of drug-likeness (QED) is 0.781. The summed E-state index contributed by atoms with van der Waals surface area (Å²) in [6.45, 7) is 9.03. The number of nitrogens with one attached hydrogen (secondary N) is 1. The number of aromatic nitrogens is 6. The van der Waals surface area contributed by atoms with Gasteiger partial charge in [-0.05, 0) is 26.8 Å². The topological polar surface area (TPSA) is 84.2 Å². The number of ether oxygens (including phenoxy) is 1. The third-order valence-electron chi connectivity index (χ3n) is 4.25. The fraction of sp³-hybridized carbons (Fsp3) is 0.500.